The van der Waals surface area contributed by atoms with Crippen molar-refractivity contribution in [3.05, 3.63) is 23.7 Å². The van der Waals surface area contributed by atoms with Gasteiger partial charge in [-0.05, 0) is 26.3 Å². The van der Waals surface area contributed by atoms with E-state index in [-0.39, 0.29) is 18.6 Å². The second-order valence-corrected chi connectivity index (χ2v) is 4.92. The zero-order chi connectivity index (χ0) is 15.3. The van der Waals surface area contributed by atoms with Crippen molar-refractivity contribution in [1.29, 1.82) is 0 Å². The van der Waals surface area contributed by atoms with Gasteiger partial charge in [-0.25, -0.2) is 4.79 Å². The molecule has 1 unspecified atom stereocenters. The maximum atomic E-state index is 12.4. The maximum absolute atomic E-state index is 12.4. The largest absolute Gasteiger partial charge is 0.480 e. The number of urea groups is 1. The highest BCUT2D eigenvalue weighted by Gasteiger charge is 2.24. The molecule has 1 heterocycles. The van der Waals surface area contributed by atoms with E-state index in [0.717, 1.165) is 11.3 Å². The number of carbonyl (C=O) groups excluding carboxylic acids is 1. The van der Waals surface area contributed by atoms with Crippen molar-refractivity contribution in [2.75, 3.05) is 13.6 Å². The molecule has 20 heavy (non-hydrogen) atoms. The molecule has 0 spiro atoms. The minimum Gasteiger partial charge on any atom is -0.480 e. The topological polar surface area (TPSA) is 74.0 Å². The number of furan rings is 1. The van der Waals surface area contributed by atoms with E-state index in [0.29, 0.717) is 13.0 Å². The lowest BCUT2D eigenvalue weighted by Gasteiger charge is -2.31. The molecular formula is C14H22N2O4. The van der Waals surface area contributed by atoms with Gasteiger partial charge in [0.25, 0.3) is 0 Å². The molecule has 0 radical (unpaired) electrons. The van der Waals surface area contributed by atoms with Gasteiger partial charge in [0.2, 0.25) is 0 Å². The Morgan fingerprint density at radius 1 is 1.45 bits per heavy atom. The maximum Gasteiger partial charge on any atom is 0.323 e. The minimum absolute atomic E-state index is 0.119. The lowest BCUT2D eigenvalue weighted by Crippen LogP contribution is -2.47. The van der Waals surface area contributed by atoms with Crippen LogP contribution in [0.5, 0.6) is 0 Å². The quantitative estimate of drug-likeness (QED) is 0.869. The fraction of sp³-hybridized carbons (Fsp3) is 0.571. The smallest absolute Gasteiger partial charge is 0.323 e. The van der Waals surface area contributed by atoms with Crippen molar-refractivity contribution >= 4 is 12.0 Å². The van der Waals surface area contributed by atoms with Crippen molar-refractivity contribution in [2.45, 2.75) is 39.8 Å². The SMILES string of the molecule is CCC(C)N(CC(=O)O)C(=O)N(C)Cc1ccoc1C. The monoisotopic (exact) mass is 282 g/mol. The molecule has 112 valence electrons. The van der Waals surface area contributed by atoms with E-state index in [2.05, 4.69) is 0 Å². The van der Waals surface area contributed by atoms with E-state index >= 15 is 0 Å². The molecule has 0 fully saturated rings. The fourth-order valence-corrected chi connectivity index (χ4v) is 1.90. The first-order chi connectivity index (χ1) is 9.36. The van der Waals surface area contributed by atoms with Crippen LogP contribution in [-0.2, 0) is 11.3 Å². The molecule has 6 nitrogen and oxygen atoms in total. The average Bonchev–Trinajstić information content (AvgIpc) is 2.79. The molecule has 0 aliphatic heterocycles. The summed E-state index contributed by atoms with van der Waals surface area (Å²) in [5.74, 6) is -0.246. The molecule has 2 amide bonds. The van der Waals surface area contributed by atoms with Crippen molar-refractivity contribution < 1.29 is 19.1 Å². The van der Waals surface area contributed by atoms with Crippen molar-refractivity contribution in [1.82, 2.24) is 9.80 Å². The Morgan fingerprint density at radius 3 is 2.55 bits per heavy atom. The lowest BCUT2D eigenvalue weighted by atomic mass is 10.2. The molecule has 0 saturated heterocycles. The predicted molar refractivity (Wildman–Crippen MR) is 74.4 cm³/mol. The molecule has 0 aromatic carbocycles. The highest BCUT2D eigenvalue weighted by atomic mass is 16.4. The lowest BCUT2D eigenvalue weighted by molar-refractivity contribution is -0.138. The second kappa shape index (κ2) is 6.98. The summed E-state index contributed by atoms with van der Waals surface area (Å²) in [4.78, 5) is 26.2. The van der Waals surface area contributed by atoms with E-state index in [1.165, 1.54) is 9.80 Å². The summed E-state index contributed by atoms with van der Waals surface area (Å²) < 4.78 is 5.19. The highest BCUT2D eigenvalue weighted by Crippen LogP contribution is 2.14. The molecule has 0 aliphatic carbocycles. The molecule has 6 heteroatoms. The van der Waals surface area contributed by atoms with Gasteiger partial charge in [0, 0.05) is 18.7 Å². The van der Waals surface area contributed by atoms with Crippen LogP contribution in [0.15, 0.2) is 16.7 Å². The van der Waals surface area contributed by atoms with Crippen molar-refractivity contribution in [2.24, 2.45) is 0 Å². The van der Waals surface area contributed by atoms with E-state index in [4.69, 9.17) is 9.52 Å². The number of hydrogen-bond donors (Lipinski definition) is 1. The van der Waals surface area contributed by atoms with Crippen LogP contribution in [0.4, 0.5) is 4.79 Å². The first-order valence-corrected chi connectivity index (χ1v) is 6.63. The van der Waals surface area contributed by atoms with Gasteiger partial charge >= 0.3 is 12.0 Å². The Kier molecular flexibility index (Phi) is 5.61. The van der Waals surface area contributed by atoms with E-state index in [1.54, 1.807) is 13.3 Å². The van der Waals surface area contributed by atoms with Crippen LogP contribution < -0.4 is 0 Å². The van der Waals surface area contributed by atoms with Crippen LogP contribution in [-0.4, -0.2) is 46.5 Å². The molecule has 1 N–H and O–H groups in total. The average molecular weight is 282 g/mol. The third-order valence-corrected chi connectivity index (χ3v) is 3.37. The van der Waals surface area contributed by atoms with E-state index in [1.807, 2.05) is 26.8 Å². The van der Waals surface area contributed by atoms with Gasteiger partial charge in [0.1, 0.15) is 12.3 Å². The van der Waals surface area contributed by atoms with Crippen LogP contribution in [0.1, 0.15) is 31.6 Å². The number of amides is 2. The van der Waals surface area contributed by atoms with Crippen LogP contribution in [0, 0.1) is 6.92 Å². The summed E-state index contributed by atoms with van der Waals surface area (Å²) in [7, 11) is 1.66. The number of carboxylic acid groups (broad SMARTS) is 1. The number of nitrogens with zero attached hydrogens (tertiary/aromatic N) is 2. The Hall–Kier alpha value is -1.98. The summed E-state index contributed by atoms with van der Waals surface area (Å²) in [5, 5.41) is 8.93. The number of carboxylic acids is 1. The van der Waals surface area contributed by atoms with Gasteiger partial charge in [-0.3, -0.25) is 4.79 Å². The van der Waals surface area contributed by atoms with Crippen molar-refractivity contribution in [3.63, 3.8) is 0 Å². The summed E-state index contributed by atoms with van der Waals surface area (Å²) in [6, 6.07) is 1.40. The summed E-state index contributed by atoms with van der Waals surface area (Å²) in [5.41, 5.74) is 0.917. The Balaban J connectivity index is 2.77. The van der Waals surface area contributed by atoms with Gasteiger partial charge in [0.15, 0.2) is 0 Å². The van der Waals surface area contributed by atoms with Crippen LogP contribution in [0.3, 0.4) is 0 Å². The number of aryl methyl sites for hydroxylation is 1. The summed E-state index contributed by atoms with van der Waals surface area (Å²) >= 11 is 0. The van der Waals surface area contributed by atoms with E-state index in [9.17, 15) is 9.59 Å². The summed E-state index contributed by atoms with van der Waals surface area (Å²) in [6.07, 6.45) is 2.28. The first kappa shape index (κ1) is 16.1. The molecule has 0 aliphatic rings. The number of hydrogen-bond acceptors (Lipinski definition) is 3. The third kappa shape index (κ3) is 4.01. The number of aliphatic carboxylic acids is 1. The number of carbonyl (C=O) groups is 2. The van der Waals surface area contributed by atoms with Crippen LogP contribution in [0.2, 0.25) is 0 Å². The molecule has 1 aromatic heterocycles. The molecule has 1 aromatic rings. The second-order valence-electron chi connectivity index (χ2n) is 4.92. The standard InChI is InChI=1S/C14H22N2O4/c1-5-10(2)16(9-13(17)18)14(19)15(4)8-12-6-7-20-11(12)3/h6-7,10H,5,8-9H2,1-4H3,(H,17,18). The molecular weight excluding hydrogens is 260 g/mol. The Bertz CT molecular complexity index is 469. The normalized spacial score (nSPS) is 12.0. The summed E-state index contributed by atoms with van der Waals surface area (Å²) in [6.45, 7) is 5.71. The predicted octanol–water partition coefficient (Wildman–Crippen LogP) is 2.32. The highest BCUT2D eigenvalue weighted by molar-refractivity contribution is 5.80. The van der Waals surface area contributed by atoms with Gasteiger partial charge in [-0.15, -0.1) is 0 Å². The zero-order valence-electron chi connectivity index (χ0n) is 12.4. The van der Waals surface area contributed by atoms with Crippen LogP contribution >= 0.6 is 0 Å². The molecule has 1 rings (SSSR count). The minimum atomic E-state index is -1.01. The third-order valence-electron chi connectivity index (χ3n) is 3.37. The zero-order valence-corrected chi connectivity index (χ0v) is 12.4. The Labute approximate surface area is 119 Å². The molecule has 1 atom stereocenters. The van der Waals surface area contributed by atoms with Gasteiger partial charge in [-0.2, -0.15) is 0 Å². The van der Waals surface area contributed by atoms with Crippen LogP contribution in [0.25, 0.3) is 0 Å². The van der Waals surface area contributed by atoms with Gasteiger partial charge < -0.3 is 19.3 Å². The van der Waals surface area contributed by atoms with Gasteiger partial charge in [-0.1, -0.05) is 6.92 Å². The first-order valence-electron chi connectivity index (χ1n) is 6.63. The molecule has 0 bridgehead atoms. The Morgan fingerprint density at radius 2 is 2.10 bits per heavy atom. The van der Waals surface area contributed by atoms with E-state index < -0.39 is 5.97 Å². The van der Waals surface area contributed by atoms with Gasteiger partial charge in [0.05, 0.1) is 12.8 Å². The van der Waals surface area contributed by atoms with Crippen molar-refractivity contribution in [3.8, 4) is 0 Å². The fourth-order valence-electron chi connectivity index (χ4n) is 1.90. The number of rotatable bonds is 6. The molecule has 0 saturated carbocycles.